The Kier molecular flexibility index (Phi) is 4.38. The summed E-state index contributed by atoms with van der Waals surface area (Å²) in [5.41, 5.74) is 3.74. The molecule has 1 heterocycles. The van der Waals surface area contributed by atoms with Gasteiger partial charge in [-0.1, -0.05) is 53.0 Å². The largest absolute Gasteiger partial charge is 0.135 e. The van der Waals surface area contributed by atoms with Gasteiger partial charge in [0.05, 0.1) is 0 Å². The molecule has 0 atom stereocenters. The fourth-order valence-electron chi connectivity index (χ4n) is 3.15. The van der Waals surface area contributed by atoms with E-state index in [1.807, 2.05) is 29.5 Å². The van der Waals surface area contributed by atoms with Crippen LogP contribution in [-0.2, 0) is 6.42 Å². The molecule has 0 unspecified atom stereocenters. The summed E-state index contributed by atoms with van der Waals surface area (Å²) in [4.78, 5) is 0. The molecule has 0 saturated carbocycles. The predicted molar refractivity (Wildman–Crippen MR) is 111 cm³/mol. The van der Waals surface area contributed by atoms with E-state index in [9.17, 15) is 0 Å². The second kappa shape index (κ2) is 6.51. The molecule has 0 radical (unpaired) electrons. The molecule has 0 spiro atoms. The molecule has 1 aromatic heterocycles. The van der Waals surface area contributed by atoms with Gasteiger partial charge < -0.3 is 0 Å². The lowest BCUT2D eigenvalue weighted by Gasteiger charge is -2.06. The van der Waals surface area contributed by atoms with E-state index in [0.29, 0.717) is 0 Å². The summed E-state index contributed by atoms with van der Waals surface area (Å²) in [5.74, 6) is 0. The Morgan fingerprint density at radius 2 is 1.67 bits per heavy atom. The van der Waals surface area contributed by atoms with Crippen LogP contribution in [0, 0.1) is 0 Å². The second-order valence-electron chi connectivity index (χ2n) is 6.02. The summed E-state index contributed by atoms with van der Waals surface area (Å²) in [6, 6.07) is 19.5. The van der Waals surface area contributed by atoms with Crippen molar-refractivity contribution in [3.8, 4) is 11.1 Å². The van der Waals surface area contributed by atoms with Gasteiger partial charge in [0, 0.05) is 29.7 Å². The van der Waals surface area contributed by atoms with Crippen molar-refractivity contribution in [1.29, 1.82) is 0 Å². The van der Waals surface area contributed by atoms with Crippen LogP contribution in [0.3, 0.4) is 0 Å². The van der Waals surface area contributed by atoms with E-state index in [2.05, 4.69) is 59.3 Å². The molecule has 0 amide bonds. The molecular weight excluding hydrogens is 400 g/mol. The first-order chi connectivity index (χ1) is 11.7. The third kappa shape index (κ3) is 2.88. The Hall–Kier alpha value is -1.35. The number of aryl methyl sites for hydroxylation is 1. The van der Waals surface area contributed by atoms with Crippen LogP contribution in [-0.4, -0.2) is 0 Å². The van der Waals surface area contributed by atoms with Gasteiger partial charge in [-0.15, -0.1) is 11.3 Å². The number of fused-ring (bicyclic) bond motifs is 3. The zero-order valence-corrected chi connectivity index (χ0v) is 16.4. The zero-order valence-electron chi connectivity index (χ0n) is 13.3. The average molecular weight is 416 g/mol. The molecule has 4 aromatic rings. The van der Waals surface area contributed by atoms with Gasteiger partial charge in [0.15, 0.2) is 0 Å². The number of thiophene rings is 1. The first-order valence-corrected chi connectivity index (χ1v) is 10.0. The quantitative estimate of drug-likeness (QED) is 0.317. The molecule has 3 heteroatoms. The molecule has 0 fully saturated rings. The molecule has 0 N–H and O–H groups in total. The van der Waals surface area contributed by atoms with Crippen molar-refractivity contribution in [1.82, 2.24) is 0 Å². The minimum absolute atomic E-state index is 0.758. The normalized spacial score (nSPS) is 11.5. The molecule has 4 rings (SSSR count). The summed E-state index contributed by atoms with van der Waals surface area (Å²) in [5, 5.41) is 3.45. The Bertz CT molecular complexity index is 1050. The molecule has 3 aromatic carbocycles. The molecule has 120 valence electrons. The Morgan fingerprint density at radius 3 is 2.46 bits per heavy atom. The van der Waals surface area contributed by atoms with Crippen molar-refractivity contribution in [3.63, 3.8) is 0 Å². The minimum atomic E-state index is 0.758. The van der Waals surface area contributed by atoms with Crippen molar-refractivity contribution in [2.45, 2.75) is 19.8 Å². The van der Waals surface area contributed by atoms with Gasteiger partial charge in [0.2, 0.25) is 0 Å². The minimum Gasteiger partial charge on any atom is -0.135 e. The third-order valence-electron chi connectivity index (χ3n) is 4.31. The van der Waals surface area contributed by atoms with Crippen molar-refractivity contribution in [3.05, 3.63) is 69.7 Å². The summed E-state index contributed by atoms with van der Waals surface area (Å²) in [6.45, 7) is 2.23. The lowest BCUT2D eigenvalue weighted by molar-refractivity contribution is 0.924. The molecule has 0 bridgehead atoms. The van der Waals surface area contributed by atoms with E-state index >= 15 is 0 Å². The molecule has 24 heavy (non-hydrogen) atoms. The third-order valence-corrected chi connectivity index (χ3v) is 6.39. The molecule has 0 nitrogen and oxygen atoms in total. The van der Waals surface area contributed by atoms with Gasteiger partial charge in [-0.05, 0) is 65.6 Å². The Balaban J connectivity index is 1.94. The highest BCUT2D eigenvalue weighted by Gasteiger charge is 2.10. The monoisotopic (exact) mass is 414 g/mol. The maximum Gasteiger partial charge on any atom is 0.0412 e. The SMILES string of the molecule is CCCc1ccc2sc3ccc(-c4cc(Cl)ccc4Br)cc3c2c1. The second-order valence-corrected chi connectivity index (χ2v) is 8.39. The predicted octanol–water partition coefficient (Wildman–Crippen LogP) is 8.09. The molecular formula is C21H16BrClS. The number of rotatable bonds is 3. The zero-order chi connectivity index (χ0) is 16.7. The van der Waals surface area contributed by atoms with Gasteiger partial charge in [-0.25, -0.2) is 0 Å². The van der Waals surface area contributed by atoms with Crippen molar-refractivity contribution in [2.24, 2.45) is 0 Å². The van der Waals surface area contributed by atoms with E-state index in [0.717, 1.165) is 21.5 Å². The molecule has 0 aliphatic heterocycles. The first-order valence-electron chi connectivity index (χ1n) is 8.06. The highest BCUT2D eigenvalue weighted by molar-refractivity contribution is 9.10. The number of halogens is 2. The van der Waals surface area contributed by atoms with E-state index < -0.39 is 0 Å². The van der Waals surface area contributed by atoms with Crippen LogP contribution in [0.15, 0.2) is 59.1 Å². The van der Waals surface area contributed by atoms with E-state index in [1.54, 1.807) is 0 Å². The first kappa shape index (κ1) is 16.1. The lowest BCUT2D eigenvalue weighted by atomic mass is 10.0. The fourth-order valence-corrected chi connectivity index (χ4v) is 4.87. The molecule has 0 saturated heterocycles. The van der Waals surface area contributed by atoms with Gasteiger partial charge in [-0.3, -0.25) is 0 Å². The van der Waals surface area contributed by atoms with Gasteiger partial charge in [0.25, 0.3) is 0 Å². The maximum absolute atomic E-state index is 6.20. The highest BCUT2D eigenvalue weighted by atomic mass is 79.9. The number of hydrogen-bond donors (Lipinski definition) is 0. The standard InChI is InChI=1S/C21H16BrClS/c1-2-3-13-4-8-20-17(10-13)18-11-14(5-9-21(18)24-20)16-12-15(23)6-7-19(16)22/h4-12H,2-3H2,1H3. The topological polar surface area (TPSA) is 0 Å². The number of benzene rings is 3. The van der Waals surface area contributed by atoms with Crippen LogP contribution in [0.5, 0.6) is 0 Å². The summed E-state index contributed by atoms with van der Waals surface area (Å²) >= 11 is 11.7. The van der Waals surface area contributed by atoms with Crippen molar-refractivity contribution < 1.29 is 0 Å². The fraction of sp³-hybridized carbons (Fsp3) is 0.143. The van der Waals surface area contributed by atoms with Crippen molar-refractivity contribution >= 4 is 59.0 Å². The molecule has 0 aliphatic carbocycles. The van der Waals surface area contributed by atoms with Crippen LogP contribution >= 0.6 is 38.9 Å². The van der Waals surface area contributed by atoms with Gasteiger partial charge in [-0.2, -0.15) is 0 Å². The highest BCUT2D eigenvalue weighted by Crippen LogP contribution is 2.38. The van der Waals surface area contributed by atoms with Crippen LogP contribution in [0.4, 0.5) is 0 Å². The average Bonchev–Trinajstić information content (AvgIpc) is 2.94. The summed E-state index contributed by atoms with van der Waals surface area (Å²) < 4.78 is 3.75. The van der Waals surface area contributed by atoms with Gasteiger partial charge in [0.1, 0.15) is 0 Å². The maximum atomic E-state index is 6.20. The van der Waals surface area contributed by atoms with E-state index in [-0.39, 0.29) is 0 Å². The number of hydrogen-bond acceptors (Lipinski definition) is 1. The van der Waals surface area contributed by atoms with E-state index in [4.69, 9.17) is 11.6 Å². The van der Waals surface area contributed by atoms with Crippen LogP contribution in [0.1, 0.15) is 18.9 Å². The Labute approximate surface area is 159 Å². The van der Waals surface area contributed by atoms with E-state index in [1.165, 1.54) is 37.7 Å². The van der Waals surface area contributed by atoms with Crippen LogP contribution in [0.25, 0.3) is 31.3 Å². The van der Waals surface area contributed by atoms with Crippen molar-refractivity contribution in [2.75, 3.05) is 0 Å². The summed E-state index contributed by atoms with van der Waals surface area (Å²) in [7, 11) is 0. The van der Waals surface area contributed by atoms with Crippen LogP contribution < -0.4 is 0 Å². The lowest BCUT2D eigenvalue weighted by Crippen LogP contribution is -1.82. The van der Waals surface area contributed by atoms with Crippen LogP contribution in [0.2, 0.25) is 5.02 Å². The molecule has 0 aliphatic rings. The smallest absolute Gasteiger partial charge is 0.0412 e. The van der Waals surface area contributed by atoms with Gasteiger partial charge >= 0.3 is 0 Å². The Morgan fingerprint density at radius 1 is 0.917 bits per heavy atom. The summed E-state index contributed by atoms with van der Waals surface area (Å²) in [6.07, 6.45) is 2.31.